The lowest BCUT2D eigenvalue weighted by Gasteiger charge is -2.24. The van der Waals surface area contributed by atoms with Crippen LogP contribution < -0.4 is 4.31 Å². The van der Waals surface area contributed by atoms with E-state index >= 15 is 0 Å². The van der Waals surface area contributed by atoms with Crippen LogP contribution in [0, 0.1) is 6.07 Å². The minimum absolute atomic E-state index is 0.0677. The highest BCUT2D eigenvalue weighted by Crippen LogP contribution is 2.21. The summed E-state index contributed by atoms with van der Waals surface area (Å²) in [5.74, 6) is 0.0677. The minimum atomic E-state index is -3.31. The Balaban J connectivity index is 2.23. The van der Waals surface area contributed by atoms with Gasteiger partial charge in [-0.15, -0.1) is 0 Å². The van der Waals surface area contributed by atoms with Crippen LogP contribution in [0.5, 0.6) is 0 Å². The van der Waals surface area contributed by atoms with Crippen molar-refractivity contribution < 1.29 is 8.42 Å². The van der Waals surface area contributed by atoms with E-state index in [1.165, 1.54) is 4.31 Å². The first-order valence-electron chi connectivity index (χ1n) is 6.74. The summed E-state index contributed by atoms with van der Waals surface area (Å²) >= 11 is 5.87. The van der Waals surface area contributed by atoms with Gasteiger partial charge in [-0.3, -0.25) is 4.31 Å². The fraction of sp³-hybridized carbons (Fsp3) is 0.250. The smallest absolute Gasteiger partial charge is 0.234 e. The predicted octanol–water partition coefficient (Wildman–Crippen LogP) is 3.54. The third kappa shape index (κ3) is 4.22. The van der Waals surface area contributed by atoms with Crippen LogP contribution in [0.15, 0.2) is 48.5 Å². The van der Waals surface area contributed by atoms with Gasteiger partial charge in [-0.05, 0) is 49.2 Å². The maximum absolute atomic E-state index is 12.3. The van der Waals surface area contributed by atoms with Crippen molar-refractivity contribution in [2.75, 3.05) is 16.6 Å². The van der Waals surface area contributed by atoms with Gasteiger partial charge in [0.2, 0.25) is 10.0 Å². The number of halogens is 1. The molecule has 21 heavy (non-hydrogen) atoms. The molecular formula is C16H17ClNO2S. The molecule has 0 aliphatic heterocycles. The second-order valence-electron chi connectivity index (χ2n) is 4.61. The van der Waals surface area contributed by atoms with Crippen LogP contribution >= 0.6 is 11.6 Å². The Labute approximate surface area is 131 Å². The Morgan fingerprint density at radius 1 is 1.10 bits per heavy atom. The van der Waals surface area contributed by atoms with Gasteiger partial charge in [-0.1, -0.05) is 35.9 Å². The summed E-state index contributed by atoms with van der Waals surface area (Å²) in [4.78, 5) is 0. The number of anilines is 1. The number of benzene rings is 2. The Bertz CT molecular complexity index is 669. The molecule has 0 N–H and O–H groups in total. The van der Waals surface area contributed by atoms with Gasteiger partial charge < -0.3 is 0 Å². The molecule has 2 rings (SSSR count). The third-order valence-electron chi connectivity index (χ3n) is 3.21. The second-order valence-corrected chi connectivity index (χ2v) is 7.23. The summed E-state index contributed by atoms with van der Waals surface area (Å²) in [7, 11) is -3.31. The number of hydrogen-bond donors (Lipinski definition) is 0. The molecule has 0 unspecified atom stereocenters. The summed E-state index contributed by atoms with van der Waals surface area (Å²) in [6.07, 6.45) is 0.649. The maximum Gasteiger partial charge on any atom is 0.234 e. The van der Waals surface area contributed by atoms with Crippen molar-refractivity contribution in [3.63, 3.8) is 0 Å². The van der Waals surface area contributed by atoms with E-state index in [4.69, 9.17) is 11.6 Å². The second kappa shape index (κ2) is 6.96. The van der Waals surface area contributed by atoms with Crippen LogP contribution in [0.1, 0.15) is 12.5 Å². The lowest BCUT2D eigenvalue weighted by Crippen LogP contribution is -2.34. The molecule has 2 aromatic carbocycles. The van der Waals surface area contributed by atoms with E-state index < -0.39 is 10.0 Å². The van der Waals surface area contributed by atoms with E-state index in [0.29, 0.717) is 23.7 Å². The Kier molecular flexibility index (Phi) is 5.26. The first kappa shape index (κ1) is 15.9. The van der Waals surface area contributed by atoms with E-state index in [9.17, 15) is 8.42 Å². The average molecular weight is 323 g/mol. The normalized spacial score (nSPS) is 11.3. The van der Waals surface area contributed by atoms with Crippen molar-refractivity contribution in [3.8, 4) is 0 Å². The minimum Gasteiger partial charge on any atom is -0.270 e. The topological polar surface area (TPSA) is 37.4 Å². The molecule has 0 heterocycles. The van der Waals surface area contributed by atoms with Crippen molar-refractivity contribution in [1.29, 1.82) is 0 Å². The molecular weight excluding hydrogens is 306 g/mol. The van der Waals surface area contributed by atoms with Crippen molar-refractivity contribution >= 4 is 27.3 Å². The average Bonchev–Trinajstić information content (AvgIpc) is 2.50. The Morgan fingerprint density at radius 3 is 2.29 bits per heavy atom. The molecule has 0 saturated heterocycles. The van der Waals surface area contributed by atoms with Gasteiger partial charge in [0.1, 0.15) is 0 Å². The van der Waals surface area contributed by atoms with Crippen molar-refractivity contribution in [1.82, 2.24) is 0 Å². The number of rotatable bonds is 6. The van der Waals surface area contributed by atoms with Crippen LogP contribution in [0.25, 0.3) is 0 Å². The Morgan fingerprint density at radius 2 is 1.71 bits per heavy atom. The molecule has 0 atom stereocenters. The zero-order valence-corrected chi connectivity index (χ0v) is 13.4. The predicted molar refractivity (Wildman–Crippen MR) is 87.2 cm³/mol. The fourth-order valence-corrected chi connectivity index (χ4v) is 3.26. The number of hydrogen-bond acceptors (Lipinski definition) is 2. The van der Waals surface area contributed by atoms with Crippen LogP contribution in [0.4, 0.5) is 5.69 Å². The van der Waals surface area contributed by atoms with E-state index in [1.807, 2.05) is 24.3 Å². The van der Waals surface area contributed by atoms with Crippen LogP contribution in [0.3, 0.4) is 0 Å². The van der Waals surface area contributed by atoms with Gasteiger partial charge in [0, 0.05) is 11.6 Å². The molecule has 111 valence electrons. The molecule has 0 aromatic heterocycles. The SMILES string of the molecule is CCS(=O)(=O)N(CCc1cc[c]cc1)c1ccc(Cl)cc1. The molecule has 0 amide bonds. The monoisotopic (exact) mass is 322 g/mol. The fourth-order valence-electron chi connectivity index (χ4n) is 2.01. The van der Waals surface area contributed by atoms with E-state index in [2.05, 4.69) is 6.07 Å². The zero-order chi connectivity index (χ0) is 15.3. The third-order valence-corrected chi connectivity index (χ3v) is 5.25. The van der Waals surface area contributed by atoms with Gasteiger partial charge in [0.25, 0.3) is 0 Å². The van der Waals surface area contributed by atoms with Crippen molar-refractivity contribution in [2.45, 2.75) is 13.3 Å². The molecule has 0 saturated carbocycles. The van der Waals surface area contributed by atoms with Crippen molar-refractivity contribution in [3.05, 3.63) is 65.2 Å². The lowest BCUT2D eigenvalue weighted by atomic mass is 10.1. The molecule has 0 aliphatic rings. The first-order valence-corrected chi connectivity index (χ1v) is 8.72. The lowest BCUT2D eigenvalue weighted by molar-refractivity contribution is 0.592. The summed E-state index contributed by atoms with van der Waals surface area (Å²) in [5, 5.41) is 0.589. The molecule has 0 spiro atoms. The number of sulfonamides is 1. The standard InChI is InChI=1S/C16H17ClNO2S/c1-2-21(19,20)18(16-10-8-15(17)9-11-16)13-12-14-6-4-3-5-7-14/h4-11H,2,12-13H2,1H3. The van der Waals surface area contributed by atoms with Gasteiger partial charge in [-0.25, -0.2) is 8.42 Å². The van der Waals surface area contributed by atoms with Crippen LogP contribution in [-0.4, -0.2) is 20.7 Å². The van der Waals surface area contributed by atoms with Crippen molar-refractivity contribution in [2.24, 2.45) is 0 Å². The highest BCUT2D eigenvalue weighted by molar-refractivity contribution is 7.92. The van der Waals surface area contributed by atoms with Crippen LogP contribution in [-0.2, 0) is 16.4 Å². The summed E-state index contributed by atoms with van der Waals surface area (Å²) < 4.78 is 26.0. The number of nitrogens with zero attached hydrogens (tertiary/aromatic N) is 1. The molecule has 1 radical (unpaired) electrons. The molecule has 5 heteroatoms. The summed E-state index contributed by atoms with van der Waals surface area (Å²) in [6.45, 7) is 2.05. The molecule has 3 nitrogen and oxygen atoms in total. The van der Waals surface area contributed by atoms with E-state index in [1.54, 1.807) is 31.2 Å². The quantitative estimate of drug-likeness (QED) is 0.815. The van der Waals surface area contributed by atoms with E-state index in [0.717, 1.165) is 5.56 Å². The van der Waals surface area contributed by atoms with Crippen LogP contribution in [0.2, 0.25) is 5.02 Å². The zero-order valence-electron chi connectivity index (χ0n) is 11.8. The Hall–Kier alpha value is -1.52. The van der Waals surface area contributed by atoms with Gasteiger partial charge in [-0.2, -0.15) is 0 Å². The molecule has 0 fully saturated rings. The van der Waals surface area contributed by atoms with Gasteiger partial charge in [0.05, 0.1) is 11.4 Å². The molecule has 0 bridgehead atoms. The van der Waals surface area contributed by atoms with E-state index in [-0.39, 0.29) is 5.75 Å². The largest absolute Gasteiger partial charge is 0.270 e. The van der Waals surface area contributed by atoms with Gasteiger partial charge >= 0.3 is 0 Å². The van der Waals surface area contributed by atoms with Gasteiger partial charge in [0.15, 0.2) is 0 Å². The molecule has 0 aliphatic carbocycles. The molecule has 2 aromatic rings. The highest BCUT2D eigenvalue weighted by atomic mass is 35.5. The first-order chi connectivity index (χ1) is 10.0. The summed E-state index contributed by atoms with van der Waals surface area (Å²) in [5.41, 5.74) is 1.72. The summed E-state index contributed by atoms with van der Waals surface area (Å²) in [6, 6.07) is 17.4. The highest BCUT2D eigenvalue weighted by Gasteiger charge is 2.20. The maximum atomic E-state index is 12.3.